The minimum Gasteiger partial charge on any atom is -0.366 e. The number of allylic oxidation sites excluding steroid dienone is 8. The van der Waals surface area contributed by atoms with Gasteiger partial charge < -0.3 is 4.74 Å². The average molecular weight is 652 g/mol. The Morgan fingerprint density at radius 2 is 0.830 bits per heavy atom. The summed E-state index contributed by atoms with van der Waals surface area (Å²) in [6.07, 6.45) is 53.0. The van der Waals surface area contributed by atoms with E-state index in [0.29, 0.717) is 12.7 Å². The van der Waals surface area contributed by atoms with Crippen molar-refractivity contribution in [3.05, 3.63) is 48.6 Å². The molecule has 0 aromatic rings. The SMILES string of the molecule is CCCCC/C=C\C/C=C\CCCCCCCCC(CCCCCCCC/C=C\C/C=C\CCCCC)OCC#CCN(CC)CC. The fraction of sp³-hybridized carbons (Fsp3) is 0.778. The molecule has 0 rings (SSSR count). The van der Waals surface area contributed by atoms with Crippen LogP contribution < -0.4 is 0 Å². The second kappa shape index (κ2) is 40.6. The first-order valence-electron chi connectivity index (χ1n) is 20.7. The highest BCUT2D eigenvalue weighted by atomic mass is 16.5. The summed E-state index contributed by atoms with van der Waals surface area (Å²) in [4.78, 5) is 2.36. The zero-order valence-corrected chi connectivity index (χ0v) is 32.3. The van der Waals surface area contributed by atoms with Crippen LogP contribution in [0.2, 0.25) is 0 Å². The van der Waals surface area contributed by atoms with E-state index in [9.17, 15) is 0 Å². The van der Waals surface area contributed by atoms with Gasteiger partial charge in [-0.05, 0) is 90.1 Å². The van der Waals surface area contributed by atoms with Crippen molar-refractivity contribution < 1.29 is 4.74 Å². The quantitative estimate of drug-likeness (QED) is 0.0384. The van der Waals surface area contributed by atoms with Gasteiger partial charge in [0.25, 0.3) is 0 Å². The number of nitrogens with zero attached hydrogens (tertiary/aromatic N) is 1. The van der Waals surface area contributed by atoms with Crippen molar-refractivity contribution in [1.29, 1.82) is 0 Å². The molecule has 0 aromatic carbocycles. The van der Waals surface area contributed by atoms with Crippen molar-refractivity contribution in [3.8, 4) is 11.8 Å². The van der Waals surface area contributed by atoms with E-state index in [1.54, 1.807) is 0 Å². The lowest BCUT2D eigenvalue weighted by Crippen LogP contribution is -2.23. The molecule has 0 aliphatic rings. The molecule has 0 spiro atoms. The molecule has 0 saturated carbocycles. The molecule has 0 atom stereocenters. The lowest BCUT2D eigenvalue weighted by atomic mass is 10.0. The summed E-state index contributed by atoms with van der Waals surface area (Å²) in [5.74, 6) is 6.62. The monoisotopic (exact) mass is 652 g/mol. The van der Waals surface area contributed by atoms with Crippen LogP contribution in [0.5, 0.6) is 0 Å². The Balaban J connectivity index is 4.06. The molecular weight excluding hydrogens is 571 g/mol. The molecule has 0 N–H and O–H groups in total. The molecular formula is C45H81NO. The van der Waals surface area contributed by atoms with E-state index < -0.39 is 0 Å². The summed E-state index contributed by atoms with van der Waals surface area (Å²) in [6, 6.07) is 0. The largest absolute Gasteiger partial charge is 0.366 e. The Kier molecular flexibility index (Phi) is 39.3. The van der Waals surface area contributed by atoms with Gasteiger partial charge in [0.15, 0.2) is 0 Å². The Bertz CT molecular complexity index is 730. The van der Waals surface area contributed by atoms with Gasteiger partial charge in [-0.15, -0.1) is 0 Å². The molecule has 47 heavy (non-hydrogen) atoms. The summed E-state index contributed by atoms with van der Waals surface area (Å²) < 4.78 is 6.32. The summed E-state index contributed by atoms with van der Waals surface area (Å²) >= 11 is 0. The summed E-state index contributed by atoms with van der Waals surface area (Å²) in [5.41, 5.74) is 0. The van der Waals surface area contributed by atoms with Crippen molar-refractivity contribution in [2.24, 2.45) is 0 Å². The van der Waals surface area contributed by atoms with Crippen LogP contribution >= 0.6 is 0 Å². The van der Waals surface area contributed by atoms with Crippen molar-refractivity contribution in [3.63, 3.8) is 0 Å². The topological polar surface area (TPSA) is 12.5 Å². The fourth-order valence-electron chi connectivity index (χ4n) is 5.86. The highest BCUT2D eigenvalue weighted by Gasteiger charge is 2.08. The van der Waals surface area contributed by atoms with E-state index in [4.69, 9.17) is 4.74 Å². The predicted octanol–water partition coefficient (Wildman–Crippen LogP) is 14.1. The highest BCUT2D eigenvalue weighted by molar-refractivity contribution is 5.01. The van der Waals surface area contributed by atoms with Gasteiger partial charge in [0.05, 0.1) is 12.6 Å². The number of hydrogen-bond acceptors (Lipinski definition) is 2. The maximum Gasteiger partial charge on any atom is 0.108 e. The average Bonchev–Trinajstić information content (AvgIpc) is 3.09. The summed E-state index contributed by atoms with van der Waals surface area (Å²) in [6.45, 7) is 12.5. The minimum atomic E-state index is 0.384. The molecule has 0 unspecified atom stereocenters. The molecule has 2 heteroatoms. The molecule has 0 fully saturated rings. The van der Waals surface area contributed by atoms with Crippen LogP contribution in [0.15, 0.2) is 48.6 Å². The number of hydrogen-bond donors (Lipinski definition) is 0. The second-order valence-electron chi connectivity index (χ2n) is 13.5. The van der Waals surface area contributed by atoms with E-state index in [-0.39, 0.29) is 0 Å². The first-order valence-corrected chi connectivity index (χ1v) is 20.7. The van der Waals surface area contributed by atoms with E-state index in [0.717, 1.165) is 32.5 Å². The number of rotatable bonds is 35. The molecule has 0 saturated heterocycles. The molecule has 0 aliphatic carbocycles. The van der Waals surface area contributed by atoms with E-state index in [1.165, 1.54) is 154 Å². The van der Waals surface area contributed by atoms with Crippen LogP contribution in [-0.4, -0.2) is 37.2 Å². The van der Waals surface area contributed by atoms with Crippen molar-refractivity contribution in [2.75, 3.05) is 26.2 Å². The van der Waals surface area contributed by atoms with E-state index in [1.807, 2.05) is 0 Å². The Labute approximate surface area is 296 Å². The second-order valence-corrected chi connectivity index (χ2v) is 13.5. The van der Waals surface area contributed by atoms with Crippen molar-refractivity contribution in [1.82, 2.24) is 4.90 Å². The van der Waals surface area contributed by atoms with Crippen LogP contribution in [0.3, 0.4) is 0 Å². The first-order chi connectivity index (χ1) is 23.3. The molecule has 2 nitrogen and oxygen atoms in total. The normalized spacial score (nSPS) is 12.2. The molecule has 0 amide bonds. The Hall–Kier alpha value is -1.56. The first kappa shape index (κ1) is 45.4. The molecule has 0 aliphatic heterocycles. The van der Waals surface area contributed by atoms with Gasteiger partial charge in [0, 0.05) is 0 Å². The Morgan fingerprint density at radius 3 is 1.23 bits per heavy atom. The van der Waals surface area contributed by atoms with Gasteiger partial charge in [-0.2, -0.15) is 0 Å². The number of ether oxygens (including phenoxy) is 1. The third-order valence-electron chi connectivity index (χ3n) is 9.17. The molecule has 272 valence electrons. The predicted molar refractivity (Wildman–Crippen MR) is 213 cm³/mol. The van der Waals surface area contributed by atoms with Crippen LogP contribution in [0.25, 0.3) is 0 Å². The van der Waals surface area contributed by atoms with Gasteiger partial charge in [-0.25, -0.2) is 0 Å². The molecule has 0 radical (unpaired) electrons. The number of unbranched alkanes of at least 4 members (excludes halogenated alkanes) is 18. The smallest absolute Gasteiger partial charge is 0.108 e. The maximum absolute atomic E-state index is 6.32. The van der Waals surface area contributed by atoms with Gasteiger partial charge in [-0.1, -0.05) is 178 Å². The maximum atomic E-state index is 6.32. The van der Waals surface area contributed by atoms with Gasteiger partial charge >= 0.3 is 0 Å². The Morgan fingerprint density at radius 1 is 0.447 bits per heavy atom. The fourth-order valence-corrected chi connectivity index (χ4v) is 5.86. The van der Waals surface area contributed by atoms with E-state index in [2.05, 4.69) is 93.0 Å². The van der Waals surface area contributed by atoms with Crippen molar-refractivity contribution in [2.45, 2.75) is 201 Å². The third kappa shape index (κ3) is 37.1. The van der Waals surface area contributed by atoms with Crippen LogP contribution in [-0.2, 0) is 4.74 Å². The standard InChI is InChI=1S/C45H81NO/c1-5-9-11-13-15-17-19-21-23-25-27-29-31-33-35-37-41-45(47-44-40-39-43-46(7-3)8-4)42-38-36-34-32-30-28-26-24-22-20-18-16-14-12-10-6-2/h15-18,21-24,45H,5-14,19-20,25-38,41-44H2,1-4H3/b17-15-,18-16-,23-21-,24-22-. The summed E-state index contributed by atoms with van der Waals surface area (Å²) in [5, 5.41) is 0. The summed E-state index contributed by atoms with van der Waals surface area (Å²) in [7, 11) is 0. The third-order valence-corrected chi connectivity index (χ3v) is 9.17. The van der Waals surface area contributed by atoms with Gasteiger partial charge in [0.2, 0.25) is 0 Å². The van der Waals surface area contributed by atoms with E-state index >= 15 is 0 Å². The van der Waals surface area contributed by atoms with Crippen LogP contribution in [0.4, 0.5) is 0 Å². The zero-order valence-electron chi connectivity index (χ0n) is 32.3. The van der Waals surface area contributed by atoms with Gasteiger partial charge in [0.1, 0.15) is 6.61 Å². The molecule has 0 heterocycles. The lowest BCUT2D eigenvalue weighted by Gasteiger charge is -2.17. The molecule has 0 aromatic heterocycles. The molecule has 0 bridgehead atoms. The minimum absolute atomic E-state index is 0.384. The highest BCUT2D eigenvalue weighted by Crippen LogP contribution is 2.17. The van der Waals surface area contributed by atoms with Crippen molar-refractivity contribution >= 4 is 0 Å². The van der Waals surface area contributed by atoms with Crippen LogP contribution in [0, 0.1) is 11.8 Å². The lowest BCUT2D eigenvalue weighted by molar-refractivity contribution is 0.0606. The van der Waals surface area contributed by atoms with Gasteiger partial charge in [-0.3, -0.25) is 4.90 Å². The zero-order chi connectivity index (χ0) is 34.1. The van der Waals surface area contributed by atoms with Crippen LogP contribution in [0.1, 0.15) is 195 Å².